The number of hydrogen-bond acceptors (Lipinski definition) is 1. The lowest BCUT2D eigenvalue weighted by molar-refractivity contribution is -0.118. The first kappa shape index (κ1) is 14.4. The highest BCUT2D eigenvalue weighted by atomic mass is 16.1. The van der Waals surface area contributed by atoms with Crippen LogP contribution in [0, 0.1) is 0 Å². The molecule has 1 atom stereocenters. The maximum atomic E-state index is 11.8. The second-order valence-corrected chi connectivity index (χ2v) is 5.83. The molecule has 0 bridgehead atoms. The maximum absolute atomic E-state index is 11.8. The Morgan fingerprint density at radius 1 is 1.14 bits per heavy atom. The Morgan fingerprint density at radius 2 is 1.82 bits per heavy atom. The zero-order chi connectivity index (χ0) is 15.9. The van der Waals surface area contributed by atoms with Gasteiger partial charge in [-0.3, -0.25) is 4.79 Å². The van der Waals surface area contributed by atoms with Crippen LogP contribution in [-0.4, -0.2) is 10.5 Å². The number of benzene rings is 2. The van der Waals surface area contributed by atoms with E-state index < -0.39 is 0 Å². The van der Waals surface area contributed by atoms with Gasteiger partial charge in [0.15, 0.2) is 0 Å². The zero-order valence-corrected chi connectivity index (χ0v) is 13.2. The Bertz CT molecular complexity index is 889. The van der Waals surface area contributed by atoms with Crippen LogP contribution in [0.15, 0.2) is 54.6 Å². The molecular formula is C19H20N2O. The summed E-state index contributed by atoms with van der Waals surface area (Å²) in [6.45, 7) is 7.39. The van der Waals surface area contributed by atoms with Crippen LogP contribution in [0.25, 0.3) is 21.8 Å². The summed E-state index contributed by atoms with van der Waals surface area (Å²) >= 11 is 0. The van der Waals surface area contributed by atoms with Gasteiger partial charge in [-0.25, -0.2) is 0 Å². The van der Waals surface area contributed by atoms with Crippen molar-refractivity contribution in [3.8, 4) is 0 Å². The zero-order valence-electron chi connectivity index (χ0n) is 13.2. The van der Waals surface area contributed by atoms with Crippen molar-refractivity contribution < 1.29 is 4.79 Å². The number of nitrogens with one attached hydrogen (secondary N) is 1. The highest BCUT2D eigenvalue weighted by Crippen LogP contribution is 2.30. The summed E-state index contributed by atoms with van der Waals surface area (Å²) in [4.78, 5) is 11.8. The number of carbonyl (C=O) groups is 1. The predicted octanol–water partition coefficient (Wildman–Crippen LogP) is 4.08. The van der Waals surface area contributed by atoms with Crippen molar-refractivity contribution in [1.29, 1.82) is 0 Å². The van der Waals surface area contributed by atoms with Gasteiger partial charge in [0.05, 0.1) is 6.04 Å². The van der Waals surface area contributed by atoms with Crippen LogP contribution < -0.4 is 5.32 Å². The first-order valence-corrected chi connectivity index (χ1v) is 7.42. The van der Waals surface area contributed by atoms with Crippen LogP contribution in [0.5, 0.6) is 0 Å². The topological polar surface area (TPSA) is 34.0 Å². The average molecular weight is 292 g/mol. The van der Waals surface area contributed by atoms with Gasteiger partial charge in [-0.15, -0.1) is 0 Å². The van der Waals surface area contributed by atoms with E-state index in [-0.39, 0.29) is 11.9 Å². The summed E-state index contributed by atoms with van der Waals surface area (Å²) < 4.78 is 2.20. The summed E-state index contributed by atoms with van der Waals surface area (Å²) in [7, 11) is 2.08. The molecule has 1 amide bonds. The number of para-hydroxylation sites is 1. The molecular weight excluding hydrogens is 272 g/mol. The third-order valence-corrected chi connectivity index (χ3v) is 4.17. The van der Waals surface area contributed by atoms with Gasteiger partial charge in [-0.1, -0.05) is 30.8 Å². The van der Waals surface area contributed by atoms with E-state index in [1.807, 2.05) is 6.92 Å². The van der Waals surface area contributed by atoms with Gasteiger partial charge in [0.1, 0.15) is 0 Å². The molecule has 0 aliphatic heterocycles. The Morgan fingerprint density at radius 3 is 2.55 bits per heavy atom. The molecule has 3 aromatic rings. The minimum atomic E-state index is -0.106. The lowest BCUT2D eigenvalue weighted by Gasteiger charge is -2.14. The minimum Gasteiger partial charge on any atom is -0.346 e. The number of carbonyl (C=O) groups excluding carboxylic acids is 1. The molecule has 2 aromatic carbocycles. The first-order valence-electron chi connectivity index (χ1n) is 7.42. The maximum Gasteiger partial charge on any atom is 0.246 e. The molecule has 1 heterocycles. The van der Waals surface area contributed by atoms with Crippen molar-refractivity contribution in [2.75, 3.05) is 0 Å². The van der Waals surface area contributed by atoms with Crippen LogP contribution in [0.2, 0.25) is 0 Å². The van der Waals surface area contributed by atoms with E-state index in [1.165, 1.54) is 21.8 Å². The first-order chi connectivity index (χ1) is 10.5. The molecule has 3 rings (SSSR count). The number of fused-ring (bicyclic) bond motifs is 3. The van der Waals surface area contributed by atoms with Gasteiger partial charge in [0.2, 0.25) is 5.91 Å². The van der Waals surface area contributed by atoms with Gasteiger partial charge in [-0.05, 0) is 37.6 Å². The van der Waals surface area contributed by atoms with E-state index in [2.05, 4.69) is 66.0 Å². The Labute approximate surface area is 130 Å². The molecule has 3 heteroatoms. The SMILES string of the molecule is C=C(C)C(=O)N[C@@H](C)c1ccc2c(c1)c1ccccc1n2C. The molecule has 0 saturated carbocycles. The second-order valence-electron chi connectivity index (χ2n) is 5.83. The van der Waals surface area contributed by atoms with E-state index in [0.717, 1.165) is 5.56 Å². The Kier molecular flexibility index (Phi) is 3.49. The van der Waals surface area contributed by atoms with Gasteiger partial charge in [-0.2, -0.15) is 0 Å². The summed E-state index contributed by atoms with van der Waals surface area (Å²) in [6, 6.07) is 14.7. The van der Waals surface area contributed by atoms with E-state index in [9.17, 15) is 4.79 Å². The molecule has 0 aliphatic rings. The van der Waals surface area contributed by atoms with E-state index >= 15 is 0 Å². The number of hydrogen-bond donors (Lipinski definition) is 1. The Balaban J connectivity index is 2.08. The number of aryl methyl sites for hydroxylation is 1. The number of aromatic nitrogens is 1. The second kappa shape index (κ2) is 5.34. The van der Waals surface area contributed by atoms with Crippen LogP contribution in [0.1, 0.15) is 25.5 Å². The van der Waals surface area contributed by atoms with Gasteiger partial charge in [0, 0.05) is 34.4 Å². The van der Waals surface area contributed by atoms with E-state index in [1.54, 1.807) is 6.92 Å². The van der Waals surface area contributed by atoms with Crippen molar-refractivity contribution in [3.63, 3.8) is 0 Å². The van der Waals surface area contributed by atoms with Gasteiger partial charge >= 0.3 is 0 Å². The normalized spacial score (nSPS) is 12.5. The van der Waals surface area contributed by atoms with Crippen molar-refractivity contribution >= 4 is 27.7 Å². The molecule has 1 N–H and O–H groups in total. The minimum absolute atomic E-state index is 0.0485. The van der Waals surface area contributed by atoms with Crippen LogP contribution in [0.4, 0.5) is 0 Å². The van der Waals surface area contributed by atoms with Gasteiger partial charge < -0.3 is 9.88 Å². The quantitative estimate of drug-likeness (QED) is 0.725. The van der Waals surface area contributed by atoms with Crippen LogP contribution in [-0.2, 0) is 11.8 Å². The lowest BCUT2D eigenvalue weighted by Crippen LogP contribution is -2.26. The largest absolute Gasteiger partial charge is 0.346 e. The van der Waals surface area contributed by atoms with Crippen molar-refractivity contribution in [2.45, 2.75) is 19.9 Å². The fourth-order valence-electron chi connectivity index (χ4n) is 2.86. The molecule has 22 heavy (non-hydrogen) atoms. The highest BCUT2D eigenvalue weighted by molar-refractivity contribution is 6.08. The third kappa shape index (κ3) is 2.29. The molecule has 112 valence electrons. The smallest absolute Gasteiger partial charge is 0.246 e. The monoisotopic (exact) mass is 292 g/mol. The molecule has 0 unspecified atom stereocenters. The number of amides is 1. The van der Waals surface area contributed by atoms with Crippen molar-refractivity contribution in [3.05, 3.63) is 60.2 Å². The molecule has 0 radical (unpaired) electrons. The molecule has 0 fully saturated rings. The van der Waals surface area contributed by atoms with Crippen LogP contribution >= 0.6 is 0 Å². The van der Waals surface area contributed by atoms with Crippen LogP contribution in [0.3, 0.4) is 0 Å². The fraction of sp³-hybridized carbons (Fsp3) is 0.211. The van der Waals surface area contributed by atoms with Gasteiger partial charge in [0.25, 0.3) is 0 Å². The standard InChI is InChI=1S/C19H20N2O/c1-12(2)19(22)20-13(3)14-9-10-18-16(11-14)15-7-5-6-8-17(15)21(18)4/h5-11,13H,1H2,2-4H3,(H,20,22)/t13-/m0/s1. The van der Waals surface area contributed by atoms with Crippen molar-refractivity contribution in [2.24, 2.45) is 7.05 Å². The highest BCUT2D eigenvalue weighted by Gasteiger charge is 2.13. The molecule has 3 nitrogen and oxygen atoms in total. The van der Waals surface area contributed by atoms with E-state index in [4.69, 9.17) is 0 Å². The molecule has 1 aromatic heterocycles. The summed E-state index contributed by atoms with van der Waals surface area (Å²) in [5.74, 6) is -0.106. The molecule has 0 aliphatic carbocycles. The third-order valence-electron chi connectivity index (χ3n) is 4.17. The molecule has 0 spiro atoms. The summed E-state index contributed by atoms with van der Waals surface area (Å²) in [5.41, 5.74) is 4.04. The summed E-state index contributed by atoms with van der Waals surface area (Å²) in [6.07, 6.45) is 0. The van der Waals surface area contributed by atoms with Crippen molar-refractivity contribution in [1.82, 2.24) is 9.88 Å². The number of nitrogens with zero attached hydrogens (tertiary/aromatic N) is 1. The summed E-state index contributed by atoms with van der Waals surface area (Å²) in [5, 5.41) is 5.42. The van der Waals surface area contributed by atoms with E-state index in [0.29, 0.717) is 5.57 Å². The fourth-order valence-corrected chi connectivity index (χ4v) is 2.86. The Hall–Kier alpha value is -2.55. The molecule has 0 saturated heterocycles. The predicted molar refractivity (Wildman–Crippen MR) is 91.8 cm³/mol. The number of rotatable bonds is 3. The lowest BCUT2D eigenvalue weighted by atomic mass is 10.0. The average Bonchev–Trinajstić information content (AvgIpc) is 2.80.